The van der Waals surface area contributed by atoms with E-state index in [1.165, 1.54) is 24.3 Å². The highest BCUT2D eigenvalue weighted by Crippen LogP contribution is 2.07. The van der Waals surface area contributed by atoms with Crippen molar-refractivity contribution in [1.82, 2.24) is 0 Å². The van der Waals surface area contributed by atoms with Crippen LogP contribution in [0, 0.1) is 0 Å². The van der Waals surface area contributed by atoms with Crippen LogP contribution in [-0.4, -0.2) is 28.7 Å². The van der Waals surface area contributed by atoms with Gasteiger partial charge >= 0.3 is 5.71 Å². The summed E-state index contributed by atoms with van der Waals surface area (Å²) in [7, 11) is -4.07. The molecule has 64 valence electrons. The summed E-state index contributed by atoms with van der Waals surface area (Å²) in [5, 5.41) is -1.04. The third-order valence-corrected chi connectivity index (χ3v) is 2.37. The summed E-state index contributed by atoms with van der Waals surface area (Å²) < 4.78 is 29.6. The van der Waals surface area contributed by atoms with Gasteiger partial charge in [-0.15, -0.1) is 0 Å². The smallest absolute Gasteiger partial charge is 0.314 e. The highest BCUT2D eigenvalue weighted by Gasteiger charge is 2.20. The maximum atomic E-state index is 10.5. The fraction of sp³-hybridized carbons (Fsp3) is 0.167. The fourth-order valence-corrected chi connectivity index (χ4v) is 1.33. The molecule has 6 heteroatoms. The van der Waals surface area contributed by atoms with Crippen LogP contribution in [0.1, 0.15) is 0 Å². The van der Waals surface area contributed by atoms with Crippen LogP contribution >= 0.6 is 0 Å². The SMILES string of the molecule is [N-]=[N+]=C1C=CC(S(=O)(=O)O)C=C1. The van der Waals surface area contributed by atoms with Gasteiger partial charge in [-0.05, 0) is 0 Å². The molecule has 0 bridgehead atoms. The number of hydrogen-bond donors (Lipinski definition) is 1. The Balaban J connectivity index is 2.96. The lowest BCUT2D eigenvalue weighted by atomic mass is 10.2. The van der Waals surface area contributed by atoms with Gasteiger partial charge < -0.3 is 5.53 Å². The van der Waals surface area contributed by atoms with Gasteiger partial charge in [0.05, 0.1) is 0 Å². The molecular formula is C6H6N2O3S. The number of hydrogen-bond acceptors (Lipinski definition) is 2. The summed E-state index contributed by atoms with van der Waals surface area (Å²) in [6.07, 6.45) is 5.06. The van der Waals surface area contributed by atoms with Crippen molar-refractivity contribution in [3.8, 4) is 0 Å². The molecule has 0 spiro atoms. The van der Waals surface area contributed by atoms with Crippen molar-refractivity contribution in [2.24, 2.45) is 0 Å². The first-order valence-corrected chi connectivity index (χ1v) is 4.59. The largest absolute Gasteiger partial charge is 0.361 e. The second-order valence-corrected chi connectivity index (χ2v) is 3.80. The van der Waals surface area contributed by atoms with E-state index in [0.29, 0.717) is 0 Å². The topological polar surface area (TPSA) is 90.8 Å². The van der Waals surface area contributed by atoms with Gasteiger partial charge in [-0.3, -0.25) is 4.55 Å². The number of rotatable bonds is 1. The van der Waals surface area contributed by atoms with E-state index in [4.69, 9.17) is 10.1 Å². The Morgan fingerprint density at radius 1 is 1.42 bits per heavy atom. The Hall–Kier alpha value is -1.23. The summed E-state index contributed by atoms with van der Waals surface area (Å²) >= 11 is 0. The lowest BCUT2D eigenvalue weighted by Crippen LogP contribution is -2.18. The zero-order chi connectivity index (χ0) is 9.19. The summed E-state index contributed by atoms with van der Waals surface area (Å²) in [5.74, 6) is 0. The molecule has 0 saturated heterocycles. The zero-order valence-corrected chi connectivity index (χ0v) is 6.77. The monoisotopic (exact) mass is 186 g/mol. The molecule has 0 aliphatic heterocycles. The van der Waals surface area contributed by atoms with Crippen molar-refractivity contribution < 1.29 is 17.8 Å². The summed E-state index contributed by atoms with van der Waals surface area (Å²) in [6.45, 7) is 0. The van der Waals surface area contributed by atoms with Crippen LogP contribution in [0.5, 0.6) is 0 Å². The Kier molecular flexibility index (Phi) is 2.23. The Bertz CT molecular complexity index is 371. The van der Waals surface area contributed by atoms with Crippen molar-refractivity contribution in [3.05, 3.63) is 29.8 Å². The molecule has 0 unspecified atom stereocenters. The second kappa shape index (κ2) is 3.02. The van der Waals surface area contributed by atoms with Gasteiger partial charge in [0.1, 0.15) is 5.25 Å². The van der Waals surface area contributed by atoms with Crippen molar-refractivity contribution >= 4 is 15.8 Å². The van der Waals surface area contributed by atoms with E-state index < -0.39 is 15.4 Å². The summed E-state index contributed by atoms with van der Waals surface area (Å²) in [4.78, 5) is 2.83. The highest BCUT2D eigenvalue weighted by atomic mass is 32.2. The van der Waals surface area contributed by atoms with Crippen LogP contribution in [0.15, 0.2) is 24.3 Å². The van der Waals surface area contributed by atoms with Crippen LogP contribution in [0.3, 0.4) is 0 Å². The summed E-state index contributed by atoms with van der Waals surface area (Å²) in [6, 6.07) is 0. The van der Waals surface area contributed by atoms with Crippen molar-refractivity contribution in [2.45, 2.75) is 5.25 Å². The van der Waals surface area contributed by atoms with Crippen LogP contribution in [0.25, 0.3) is 5.53 Å². The molecule has 0 heterocycles. The van der Waals surface area contributed by atoms with E-state index in [9.17, 15) is 8.42 Å². The van der Waals surface area contributed by atoms with Crippen LogP contribution in [0.4, 0.5) is 0 Å². The zero-order valence-electron chi connectivity index (χ0n) is 5.95. The third kappa shape index (κ3) is 1.88. The maximum absolute atomic E-state index is 10.5. The molecule has 0 atom stereocenters. The van der Waals surface area contributed by atoms with Gasteiger partial charge in [0, 0.05) is 12.2 Å². The van der Waals surface area contributed by atoms with Crippen LogP contribution < -0.4 is 0 Å². The molecule has 5 nitrogen and oxygen atoms in total. The maximum Gasteiger partial charge on any atom is 0.314 e. The van der Waals surface area contributed by atoms with Gasteiger partial charge in [-0.25, -0.2) is 0 Å². The molecule has 1 aliphatic rings. The molecule has 0 aromatic rings. The molecule has 1 N–H and O–H groups in total. The lowest BCUT2D eigenvalue weighted by Gasteiger charge is -2.03. The molecule has 0 saturated carbocycles. The van der Waals surface area contributed by atoms with Crippen LogP contribution in [0.2, 0.25) is 0 Å². The van der Waals surface area contributed by atoms with E-state index in [1.807, 2.05) is 0 Å². The molecule has 0 amide bonds. The molecule has 0 aromatic heterocycles. The summed E-state index contributed by atoms with van der Waals surface area (Å²) in [5.41, 5.74) is 8.50. The molecule has 0 radical (unpaired) electrons. The number of allylic oxidation sites excluding steroid dienone is 2. The molecule has 1 rings (SSSR count). The molecule has 1 aliphatic carbocycles. The quantitative estimate of drug-likeness (QED) is 0.356. The minimum atomic E-state index is -4.07. The number of nitrogens with zero attached hydrogens (tertiary/aromatic N) is 2. The van der Waals surface area contributed by atoms with E-state index in [-0.39, 0.29) is 5.71 Å². The first-order valence-electron chi connectivity index (χ1n) is 3.09. The van der Waals surface area contributed by atoms with Gasteiger partial charge in [0.25, 0.3) is 10.1 Å². The predicted molar refractivity (Wildman–Crippen MR) is 42.2 cm³/mol. The van der Waals surface area contributed by atoms with Crippen molar-refractivity contribution in [3.63, 3.8) is 0 Å². The minimum Gasteiger partial charge on any atom is -0.361 e. The van der Waals surface area contributed by atoms with Gasteiger partial charge in [-0.1, -0.05) is 12.2 Å². The lowest BCUT2D eigenvalue weighted by molar-refractivity contribution is -0.00160. The predicted octanol–water partition coefficient (Wildman–Crippen LogP) is 0.0396. The minimum absolute atomic E-state index is 0.245. The third-order valence-electron chi connectivity index (χ3n) is 1.37. The van der Waals surface area contributed by atoms with Crippen molar-refractivity contribution in [2.75, 3.05) is 0 Å². The van der Waals surface area contributed by atoms with E-state index in [2.05, 4.69) is 4.79 Å². The Labute approximate surface area is 69.4 Å². The van der Waals surface area contributed by atoms with E-state index in [0.717, 1.165) is 0 Å². The average Bonchev–Trinajstić information content (AvgIpc) is 2.03. The van der Waals surface area contributed by atoms with E-state index >= 15 is 0 Å². The van der Waals surface area contributed by atoms with Crippen LogP contribution in [-0.2, 0) is 10.1 Å². The first-order chi connectivity index (χ1) is 5.54. The normalized spacial score (nSPS) is 22.4. The fourth-order valence-electron chi connectivity index (χ4n) is 0.772. The molecule has 12 heavy (non-hydrogen) atoms. The Morgan fingerprint density at radius 3 is 2.25 bits per heavy atom. The second-order valence-electron chi connectivity index (χ2n) is 2.22. The molecule has 0 aromatic carbocycles. The van der Waals surface area contributed by atoms with E-state index in [1.54, 1.807) is 0 Å². The molecule has 0 fully saturated rings. The molecular weight excluding hydrogens is 180 g/mol. The standard InChI is InChI=1S/C6H6N2O3S/c7-8-5-1-3-6(4-2-5)12(9,10)11/h1-4,6H,(H,9,10,11). The van der Waals surface area contributed by atoms with Gasteiger partial charge in [0.15, 0.2) is 0 Å². The van der Waals surface area contributed by atoms with Gasteiger partial charge in [-0.2, -0.15) is 13.2 Å². The Morgan fingerprint density at radius 2 is 1.92 bits per heavy atom. The van der Waals surface area contributed by atoms with Gasteiger partial charge in [0.2, 0.25) is 0 Å². The highest BCUT2D eigenvalue weighted by molar-refractivity contribution is 7.86. The average molecular weight is 186 g/mol. The van der Waals surface area contributed by atoms with Crippen molar-refractivity contribution in [1.29, 1.82) is 0 Å². The first kappa shape index (κ1) is 8.86.